The second-order valence-corrected chi connectivity index (χ2v) is 8.95. The van der Waals surface area contributed by atoms with Crippen LogP contribution in [0.25, 0.3) is 0 Å². The number of fused-ring (bicyclic) bond motifs is 1. The lowest BCUT2D eigenvalue weighted by atomic mass is 10.2. The Labute approximate surface area is 189 Å². The van der Waals surface area contributed by atoms with Crippen LogP contribution in [0.3, 0.4) is 0 Å². The summed E-state index contributed by atoms with van der Waals surface area (Å²) >= 11 is 3.01. The molecule has 0 radical (unpaired) electrons. The van der Waals surface area contributed by atoms with Gasteiger partial charge in [0.05, 0.1) is 29.2 Å². The van der Waals surface area contributed by atoms with E-state index in [1.807, 2.05) is 85.9 Å². The summed E-state index contributed by atoms with van der Waals surface area (Å²) in [5.74, 6) is 0.722. The first-order chi connectivity index (χ1) is 15.2. The van der Waals surface area contributed by atoms with Crippen LogP contribution in [0, 0.1) is 0 Å². The first-order valence-electron chi connectivity index (χ1n) is 9.70. The lowest BCUT2D eigenvalue weighted by Crippen LogP contribution is -2.29. The molecule has 0 spiro atoms. The van der Waals surface area contributed by atoms with Gasteiger partial charge in [-0.2, -0.15) is 0 Å². The minimum absolute atomic E-state index is 0.0694. The molecule has 0 N–H and O–H groups in total. The Hall–Kier alpha value is -3.16. The highest BCUT2D eigenvalue weighted by Gasteiger charge is 2.40. The van der Waals surface area contributed by atoms with Crippen LogP contribution >= 0.6 is 23.5 Å². The third-order valence-electron chi connectivity index (χ3n) is 5.01. The van der Waals surface area contributed by atoms with Crippen LogP contribution < -0.4 is 14.5 Å². The third kappa shape index (κ3) is 3.60. The van der Waals surface area contributed by atoms with Gasteiger partial charge in [-0.05, 0) is 48.2 Å². The van der Waals surface area contributed by atoms with Gasteiger partial charge in [-0.25, -0.2) is 4.99 Å². The fourth-order valence-electron chi connectivity index (χ4n) is 3.45. The first-order valence-corrected chi connectivity index (χ1v) is 11.3. The van der Waals surface area contributed by atoms with E-state index < -0.39 is 0 Å². The molecular formula is C24H19N3O2S2. The SMILES string of the molecule is COc1ccc2c(c1)N(C)C(=C1SC(=Nc3ccccc3)N(c3ccccc3)C1=O)S2. The summed E-state index contributed by atoms with van der Waals surface area (Å²) in [7, 11) is 3.64. The molecule has 1 amide bonds. The van der Waals surface area contributed by atoms with Gasteiger partial charge in [-0.3, -0.25) is 9.69 Å². The molecule has 2 aliphatic rings. The minimum Gasteiger partial charge on any atom is -0.497 e. The van der Waals surface area contributed by atoms with Crippen LogP contribution in [0.1, 0.15) is 0 Å². The molecule has 0 aliphatic carbocycles. The van der Waals surface area contributed by atoms with Gasteiger partial charge in [0.1, 0.15) is 10.7 Å². The lowest BCUT2D eigenvalue weighted by Gasteiger charge is -2.17. The van der Waals surface area contributed by atoms with E-state index in [1.165, 1.54) is 11.8 Å². The molecule has 2 aliphatic heterocycles. The Morgan fingerprint density at radius 1 is 0.903 bits per heavy atom. The maximum atomic E-state index is 13.6. The van der Waals surface area contributed by atoms with Gasteiger partial charge in [0.2, 0.25) is 0 Å². The largest absolute Gasteiger partial charge is 0.497 e. The summed E-state index contributed by atoms with van der Waals surface area (Å²) in [6, 6.07) is 25.3. The molecule has 3 aromatic carbocycles. The van der Waals surface area contributed by atoms with Gasteiger partial charge in [-0.1, -0.05) is 48.2 Å². The summed E-state index contributed by atoms with van der Waals surface area (Å²) in [6.45, 7) is 0. The van der Waals surface area contributed by atoms with Crippen molar-refractivity contribution in [3.05, 3.63) is 88.8 Å². The highest BCUT2D eigenvalue weighted by Crippen LogP contribution is 2.51. The molecule has 0 unspecified atom stereocenters. The van der Waals surface area contributed by atoms with Crippen LogP contribution in [0.15, 0.2) is 98.7 Å². The van der Waals surface area contributed by atoms with Gasteiger partial charge < -0.3 is 9.64 Å². The standard InChI is InChI=1S/C24H19N3O2S2/c1-26-19-15-18(29-2)13-14-20(19)30-23(26)21-22(28)27(17-11-7-4-8-12-17)24(31-21)25-16-9-5-3-6-10-16/h3-15H,1-2H3. The lowest BCUT2D eigenvalue weighted by molar-refractivity contribution is -0.113. The third-order valence-corrected chi connectivity index (χ3v) is 7.40. The number of hydrogen-bond donors (Lipinski definition) is 0. The molecule has 5 nitrogen and oxygen atoms in total. The highest BCUT2D eigenvalue weighted by atomic mass is 32.2. The van der Waals surface area contributed by atoms with Crippen molar-refractivity contribution in [2.75, 3.05) is 24.0 Å². The number of para-hydroxylation sites is 2. The van der Waals surface area contributed by atoms with Gasteiger partial charge >= 0.3 is 0 Å². The number of aliphatic imine (C=N–C) groups is 1. The normalized spacial score (nSPS) is 19.3. The maximum absolute atomic E-state index is 13.6. The zero-order chi connectivity index (χ0) is 21.4. The van der Waals surface area contributed by atoms with Crippen LogP contribution in [0.5, 0.6) is 5.75 Å². The molecule has 31 heavy (non-hydrogen) atoms. The Morgan fingerprint density at radius 2 is 1.61 bits per heavy atom. The highest BCUT2D eigenvalue weighted by molar-refractivity contribution is 8.20. The Kier molecular flexibility index (Phi) is 5.21. The van der Waals surface area contributed by atoms with Crippen molar-refractivity contribution in [2.24, 2.45) is 4.99 Å². The number of ether oxygens (including phenoxy) is 1. The Morgan fingerprint density at radius 3 is 2.32 bits per heavy atom. The van der Waals surface area contributed by atoms with Crippen molar-refractivity contribution in [2.45, 2.75) is 4.90 Å². The fourth-order valence-corrected chi connectivity index (χ4v) is 5.77. The smallest absolute Gasteiger partial charge is 0.274 e. The fraction of sp³-hybridized carbons (Fsp3) is 0.0833. The monoisotopic (exact) mass is 445 g/mol. The molecule has 5 rings (SSSR count). The number of methoxy groups -OCH3 is 1. The number of nitrogens with zero attached hydrogens (tertiary/aromatic N) is 3. The van der Waals surface area contributed by atoms with Crippen LogP contribution in [0.4, 0.5) is 17.1 Å². The minimum atomic E-state index is -0.0694. The number of amides is 1. The predicted molar refractivity (Wildman–Crippen MR) is 129 cm³/mol. The number of anilines is 2. The summed E-state index contributed by atoms with van der Waals surface area (Å²) in [4.78, 5) is 23.9. The number of rotatable bonds is 3. The van der Waals surface area contributed by atoms with Crippen molar-refractivity contribution >= 4 is 51.7 Å². The number of benzene rings is 3. The molecule has 7 heteroatoms. The number of hydrogen-bond acceptors (Lipinski definition) is 6. The van der Waals surface area contributed by atoms with E-state index in [2.05, 4.69) is 4.90 Å². The van der Waals surface area contributed by atoms with Crippen LogP contribution in [0.2, 0.25) is 0 Å². The van der Waals surface area contributed by atoms with E-state index in [9.17, 15) is 4.79 Å². The molecule has 154 valence electrons. The number of thioether (sulfide) groups is 2. The average Bonchev–Trinajstić information content (AvgIpc) is 3.30. The Bertz CT molecular complexity index is 1210. The molecule has 1 fully saturated rings. The van der Waals surface area contributed by atoms with Crippen molar-refractivity contribution in [1.82, 2.24) is 0 Å². The van der Waals surface area contributed by atoms with Crippen LogP contribution in [-0.2, 0) is 4.79 Å². The quantitative estimate of drug-likeness (QED) is 0.472. The van der Waals surface area contributed by atoms with Crippen molar-refractivity contribution in [3.8, 4) is 5.75 Å². The van der Waals surface area contributed by atoms with Crippen LogP contribution in [-0.4, -0.2) is 25.2 Å². The zero-order valence-corrected chi connectivity index (χ0v) is 18.6. The van der Waals surface area contributed by atoms with E-state index in [0.717, 1.165) is 32.7 Å². The van der Waals surface area contributed by atoms with E-state index >= 15 is 0 Å². The molecule has 1 saturated heterocycles. The summed E-state index contributed by atoms with van der Waals surface area (Å²) in [6.07, 6.45) is 0. The number of carbonyl (C=O) groups excluding carboxylic acids is 1. The number of amidine groups is 1. The molecule has 0 atom stereocenters. The maximum Gasteiger partial charge on any atom is 0.274 e. The average molecular weight is 446 g/mol. The molecule has 3 aromatic rings. The summed E-state index contributed by atoms with van der Waals surface area (Å²) in [5, 5.41) is 1.55. The van der Waals surface area contributed by atoms with Gasteiger partial charge in [0.15, 0.2) is 5.17 Å². The second-order valence-electron chi connectivity index (χ2n) is 6.94. The van der Waals surface area contributed by atoms with Crippen molar-refractivity contribution in [1.29, 1.82) is 0 Å². The summed E-state index contributed by atoms with van der Waals surface area (Å²) in [5.41, 5.74) is 2.64. The molecular weight excluding hydrogens is 426 g/mol. The van der Waals surface area contributed by atoms with Gasteiger partial charge in [-0.15, -0.1) is 0 Å². The Balaban J connectivity index is 1.59. The molecule has 2 heterocycles. The van der Waals surface area contributed by atoms with E-state index in [-0.39, 0.29) is 5.91 Å². The molecule has 0 bridgehead atoms. The zero-order valence-electron chi connectivity index (χ0n) is 17.0. The van der Waals surface area contributed by atoms with Crippen molar-refractivity contribution in [3.63, 3.8) is 0 Å². The second kappa shape index (κ2) is 8.17. The topological polar surface area (TPSA) is 45.1 Å². The first kappa shape index (κ1) is 19.8. The van der Waals surface area contributed by atoms with Gasteiger partial charge in [0.25, 0.3) is 5.91 Å². The summed E-state index contributed by atoms with van der Waals surface area (Å²) < 4.78 is 5.38. The van der Waals surface area contributed by atoms with Crippen molar-refractivity contribution < 1.29 is 9.53 Å². The number of carbonyl (C=O) groups is 1. The van der Waals surface area contributed by atoms with Gasteiger partial charge in [0, 0.05) is 18.0 Å². The van der Waals surface area contributed by atoms with E-state index in [0.29, 0.717) is 10.1 Å². The van der Waals surface area contributed by atoms with E-state index in [4.69, 9.17) is 9.73 Å². The molecule has 0 aromatic heterocycles. The molecule has 0 saturated carbocycles. The van der Waals surface area contributed by atoms with E-state index in [1.54, 1.807) is 23.8 Å². The predicted octanol–water partition coefficient (Wildman–Crippen LogP) is 5.87.